The van der Waals surface area contributed by atoms with E-state index in [9.17, 15) is 15.0 Å². The molecule has 6 fully saturated rings. The van der Waals surface area contributed by atoms with E-state index in [0.717, 1.165) is 85.3 Å². The Balaban J connectivity index is 1.02. The van der Waals surface area contributed by atoms with E-state index in [1.165, 1.54) is 19.3 Å². The molecule has 2 heterocycles. The predicted octanol–water partition coefficient (Wildman–Crippen LogP) is 5.27. The first-order valence-electron chi connectivity index (χ1n) is 16.0. The number of carbonyl (C=O) groups is 1. The zero-order valence-electron chi connectivity index (χ0n) is 24.4. The van der Waals surface area contributed by atoms with E-state index in [1.54, 1.807) is 0 Å². The number of carbonyl (C=O) groups excluding carboxylic acids is 1. The first-order chi connectivity index (χ1) is 20.5. The summed E-state index contributed by atoms with van der Waals surface area (Å²) in [6.07, 6.45) is 9.51. The van der Waals surface area contributed by atoms with Gasteiger partial charge in [0.15, 0.2) is 6.29 Å². The molecule has 4 atom stereocenters. The van der Waals surface area contributed by atoms with Crippen LogP contribution in [-0.2, 0) is 16.1 Å². The van der Waals surface area contributed by atoms with Crippen LogP contribution in [0, 0.1) is 17.8 Å². The highest BCUT2D eigenvalue weighted by molar-refractivity contribution is 5.89. The van der Waals surface area contributed by atoms with Gasteiger partial charge in [0.2, 0.25) is 0 Å². The monoisotopic (exact) mass is 575 g/mol. The van der Waals surface area contributed by atoms with Crippen molar-refractivity contribution in [3.8, 4) is 0 Å². The van der Waals surface area contributed by atoms with Crippen LogP contribution in [-0.4, -0.2) is 58.5 Å². The topological polar surface area (TPSA) is 103 Å². The van der Waals surface area contributed by atoms with E-state index in [2.05, 4.69) is 15.5 Å². The molecule has 2 amide bonds. The number of likely N-dealkylation sites (tertiary alicyclic amines) is 1. The largest absolute Gasteiger partial charge is 0.395 e. The number of amides is 2. The summed E-state index contributed by atoms with van der Waals surface area (Å²) in [6, 6.07) is 15.8. The molecular weight excluding hydrogens is 530 g/mol. The molecule has 6 aliphatic rings. The summed E-state index contributed by atoms with van der Waals surface area (Å²) in [4.78, 5) is 15.4. The zero-order valence-corrected chi connectivity index (χ0v) is 24.4. The lowest BCUT2D eigenvalue weighted by molar-refractivity contribution is -0.253. The molecular formula is C34H45N3O5. The van der Waals surface area contributed by atoms with Crippen molar-refractivity contribution in [1.29, 1.82) is 0 Å². The average molecular weight is 576 g/mol. The maximum atomic E-state index is 13.1. The number of hydrogen-bond acceptors (Lipinski definition) is 6. The van der Waals surface area contributed by atoms with Crippen molar-refractivity contribution < 1.29 is 24.5 Å². The van der Waals surface area contributed by atoms with E-state index in [4.69, 9.17) is 9.47 Å². The fraction of sp³-hybridized carbons (Fsp3) is 0.618. The number of urea groups is 1. The Hall–Kier alpha value is -2.49. The summed E-state index contributed by atoms with van der Waals surface area (Å²) < 4.78 is 13.0. The Morgan fingerprint density at radius 2 is 1.55 bits per heavy atom. The molecule has 4 unspecified atom stereocenters. The molecule has 0 spiro atoms. The van der Waals surface area contributed by atoms with Gasteiger partial charge in [-0.25, -0.2) is 4.79 Å². The molecule has 2 aromatic carbocycles. The lowest BCUT2D eigenvalue weighted by Crippen LogP contribution is -2.60. The van der Waals surface area contributed by atoms with Gasteiger partial charge < -0.3 is 30.3 Å². The molecule has 226 valence electrons. The van der Waals surface area contributed by atoms with Crippen LogP contribution in [0.3, 0.4) is 0 Å². The number of anilines is 1. The maximum absolute atomic E-state index is 13.1. The van der Waals surface area contributed by atoms with E-state index in [1.807, 2.05) is 48.5 Å². The van der Waals surface area contributed by atoms with Gasteiger partial charge in [-0.2, -0.15) is 0 Å². The Bertz CT molecular complexity index is 1200. The molecule has 2 aromatic rings. The van der Waals surface area contributed by atoms with Gasteiger partial charge in [-0.15, -0.1) is 0 Å². The Morgan fingerprint density at radius 1 is 0.881 bits per heavy atom. The summed E-state index contributed by atoms with van der Waals surface area (Å²) in [6.45, 7) is 1.90. The van der Waals surface area contributed by atoms with Crippen LogP contribution in [0.1, 0.15) is 86.9 Å². The summed E-state index contributed by atoms with van der Waals surface area (Å²) in [5, 5.41) is 25.8. The van der Waals surface area contributed by atoms with Crippen molar-refractivity contribution in [2.24, 2.45) is 17.8 Å². The standard InChI is InChI=1S/C34H45N3O5/c38-20-22-3-5-26(6-4-22)31-15-30(19-37-11-1-2-29(37)21-39)41-32(42-31)27-7-9-28(10-8-27)35-33(40)36-34-16-23-12-24(17-34)14-25(13-23)18-34/h3-10,23-25,29-32,38-39H,1-2,11-21H2,(H2,35,36,40). The van der Waals surface area contributed by atoms with Gasteiger partial charge in [-0.05, 0) is 98.9 Å². The van der Waals surface area contributed by atoms with Crippen LogP contribution >= 0.6 is 0 Å². The number of nitrogens with one attached hydrogen (secondary N) is 2. The first-order valence-corrected chi connectivity index (χ1v) is 16.0. The SMILES string of the molecule is O=C(Nc1ccc(C2OC(CN3CCCC3CO)CC(c3ccc(CO)cc3)O2)cc1)NC12CC3CC(CC(C3)C1)C2. The number of rotatable bonds is 8. The van der Waals surface area contributed by atoms with E-state index in [-0.39, 0.29) is 43.0 Å². The van der Waals surface area contributed by atoms with Crippen LogP contribution in [0.2, 0.25) is 0 Å². The number of benzene rings is 2. The predicted molar refractivity (Wildman–Crippen MR) is 160 cm³/mol. The second-order valence-electron chi connectivity index (χ2n) is 13.7. The highest BCUT2D eigenvalue weighted by Crippen LogP contribution is 2.55. The molecule has 4 aliphatic carbocycles. The van der Waals surface area contributed by atoms with E-state index in [0.29, 0.717) is 6.42 Å². The summed E-state index contributed by atoms with van der Waals surface area (Å²) >= 11 is 0. The minimum absolute atomic E-state index is 0.0125. The quantitative estimate of drug-likeness (QED) is 0.342. The van der Waals surface area contributed by atoms with Gasteiger partial charge in [-0.3, -0.25) is 4.90 Å². The second-order valence-corrected chi connectivity index (χ2v) is 13.7. The highest BCUT2D eigenvalue weighted by Gasteiger charge is 2.51. The van der Waals surface area contributed by atoms with Gasteiger partial charge in [0.1, 0.15) is 0 Å². The fourth-order valence-electron chi connectivity index (χ4n) is 9.03. The number of aliphatic hydroxyl groups is 2. The number of ether oxygens (including phenoxy) is 2. The van der Waals surface area contributed by atoms with Gasteiger partial charge >= 0.3 is 6.03 Å². The molecule has 42 heavy (non-hydrogen) atoms. The summed E-state index contributed by atoms with van der Waals surface area (Å²) in [7, 11) is 0. The molecule has 4 saturated carbocycles. The summed E-state index contributed by atoms with van der Waals surface area (Å²) in [5.74, 6) is 2.35. The van der Waals surface area contributed by atoms with Gasteiger partial charge in [0, 0.05) is 35.8 Å². The zero-order chi connectivity index (χ0) is 28.7. The van der Waals surface area contributed by atoms with E-state index < -0.39 is 6.29 Å². The third-order valence-electron chi connectivity index (χ3n) is 10.6. The molecule has 4 N–H and O–H groups in total. The van der Waals surface area contributed by atoms with Gasteiger partial charge in [-0.1, -0.05) is 36.4 Å². The fourth-order valence-corrected chi connectivity index (χ4v) is 9.03. The normalized spacial score (nSPS) is 35.8. The first kappa shape index (κ1) is 28.3. The number of aliphatic hydroxyl groups excluding tert-OH is 2. The molecule has 8 heteroatoms. The van der Waals surface area contributed by atoms with Crippen molar-refractivity contribution in [3.05, 3.63) is 65.2 Å². The molecule has 2 saturated heterocycles. The van der Waals surface area contributed by atoms with Crippen LogP contribution < -0.4 is 10.6 Å². The minimum atomic E-state index is -0.545. The molecule has 4 bridgehead atoms. The van der Waals surface area contributed by atoms with Crippen LogP contribution in [0.5, 0.6) is 0 Å². The Labute approximate surface area is 248 Å². The average Bonchev–Trinajstić information content (AvgIpc) is 3.43. The van der Waals surface area contributed by atoms with Crippen molar-refractivity contribution in [2.75, 3.05) is 25.0 Å². The van der Waals surface area contributed by atoms with Gasteiger partial charge in [0.25, 0.3) is 0 Å². The molecule has 8 nitrogen and oxygen atoms in total. The highest BCUT2D eigenvalue weighted by atomic mass is 16.7. The van der Waals surface area contributed by atoms with Crippen LogP contribution in [0.25, 0.3) is 0 Å². The van der Waals surface area contributed by atoms with Crippen LogP contribution in [0.4, 0.5) is 10.5 Å². The molecule has 0 aromatic heterocycles. The van der Waals surface area contributed by atoms with Crippen molar-refractivity contribution in [2.45, 2.75) is 94.5 Å². The Morgan fingerprint density at radius 3 is 2.19 bits per heavy atom. The lowest BCUT2D eigenvalue weighted by Gasteiger charge is -2.56. The van der Waals surface area contributed by atoms with Crippen molar-refractivity contribution >= 4 is 11.7 Å². The van der Waals surface area contributed by atoms with Crippen molar-refractivity contribution in [1.82, 2.24) is 10.2 Å². The van der Waals surface area contributed by atoms with Gasteiger partial charge in [0.05, 0.1) is 25.4 Å². The molecule has 8 rings (SSSR count). The van der Waals surface area contributed by atoms with Crippen molar-refractivity contribution in [3.63, 3.8) is 0 Å². The molecule has 0 radical (unpaired) electrons. The number of hydrogen-bond donors (Lipinski definition) is 4. The third kappa shape index (κ3) is 5.97. The molecule has 2 aliphatic heterocycles. The smallest absolute Gasteiger partial charge is 0.319 e. The van der Waals surface area contributed by atoms with Crippen LogP contribution in [0.15, 0.2) is 48.5 Å². The lowest BCUT2D eigenvalue weighted by atomic mass is 9.53. The maximum Gasteiger partial charge on any atom is 0.319 e. The second kappa shape index (κ2) is 11.9. The summed E-state index contributed by atoms with van der Waals surface area (Å²) in [5.41, 5.74) is 3.57. The van der Waals surface area contributed by atoms with E-state index >= 15 is 0 Å². The third-order valence-corrected chi connectivity index (χ3v) is 10.6. The Kier molecular flexibility index (Phi) is 8.01. The number of nitrogens with zero attached hydrogens (tertiary/aromatic N) is 1. The minimum Gasteiger partial charge on any atom is -0.395 e.